The number of piperidine rings is 1. The second-order valence-electron chi connectivity index (χ2n) is 8.04. The van der Waals surface area contributed by atoms with Gasteiger partial charge in [-0.3, -0.25) is 14.5 Å². The lowest BCUT2D eigenvalue weighted by atomic mass is 9.98. The molecule has 2 aromatic carbocycles. The van der Waals surface area contributed by atoms with E-state index in [9.17, 15) is 28.2 Å². The number of carbonyl (C=O) groups is 2. The average Bonchev–Trinajstić information content (AvgIpc) is 3.09. The van der Waals surface area contributed by atoms with Crippen molar-refractivity contribution in [2.24, 2.45) is 5.92 Å². The van der Waals surface area contributed by atoms with Crippen molar-refractivity contribution < 1.29 is 28.2 Å². The molecule has 3 heterocycles. The topological polar surface area (TPSA) is 150 Å². The van der Waals surface area contributed by atoms with Crippen LogP contribution in [0.15, 0.2) is 47.6 Å². The van der Waals surface area contributed by atoms with Crippen LogP contribution in [-0.2, 0) is 9.84 Å². The summed E-state index contributed by atoms with van der Waals surface area (Å²) in [6.45, 7) is 0.980. The van der Waals surface area contributed by atoms with Gasteiger partial charge in [-0.15, -0.1) is 0 Å². The molecule has 1 aromatic heterocycles. The van der Waals surface area contributed by atoms with E-state index in [0.717, 1.165) is 0 Å². The SMILES string of the molecule is O=C1c2c(c(O)c3nccnc3c2O)C(=O)N1C(C1CCCNC1)S(=O)(=O)c1ccccc1. The van der Waals surface area contributed by atoms with Gasteiger partial charge >= 0.3 is 0 Å². The first kappa shape index (κ1) is 21.3. The Morgan fingerprint density at radius 2 is 1.55 bits per heavy atom. The normalized spacial score (nSPS) is 19.6. The number of phenols is 2. The minimum absolute atomic E-state index is 0.0286. The maximum absolute atomic E-state index is 13.7. The van der Waals surface area contributed by atoms with Gasteiger partial charge in [0.2, 0.25) is 0 Å². The van der Waals surface area contributed by atoms with Crippen molar-refractivity contribution >= 4 is 32.7 Å². The fraction of sp³-hybridized carbons (Fsp3) is 0.273. The molecule has 10 nitrogen and oxygen atoms in total. The summed E-state index contributed by atoms with van der Waals surface area (Å²) in [5, 5.41) is 23.1. The highest BCUT2D eigenvalue weighted by Crippen LogP contribution is 2.44. The minimum atomic E-state index is -4.19. The van der Waals surface area contributed by atoms with Crippen LogP contribution in [0.25, 0.3) is 11.0 Å². The second kappa shape index (κ2) is 7.78. The van der Waals surface area contributed by atoms with E-state index in [-0.39, 0.29) is 22.5 Å². The van der Waals surface area contributed by atoms with E-state index in [1.807, 2.05) is 0 Å². The van der Waals surface area contributed by atoms with E-state index < -0.39 is 55.6 Å². The van der Waals surface area contributed by atoms with E-state index in [0.29, 0.717) is 24.3 Å². The van der Waals surface area contributed by atoms with E-state index in [4.69, 9.17) is 0 Å². The number of aromatic nitrogens is 2. The maximum atomic E-state index is 13.7. The highest BCUT2D eigenvalue weighted by molar-refractivity contribution is 7.92. The number of amides is 2. The lowest BCUT2D eigenvalue weighted by Crippen LogP contribution is -2.52. The van der Waals surface area contributed by atoms with Gasteiger partial charge in [0.25, 0.3) is 11.8 Å². The van der Waals surface area contributed by atoms with Crippen LogP contribution >= 0.6 is 0 Å². The van der Waals surface area contributed by atoms with Crippen molar-refractivity contribution in [2.75, 3.05) is 13.1 Å². The molecule has 0 radical (unpaired) electrons. The molecule has 170 valence electrons. The number of aromatic hydroxyl groups is 2. The Balaban J connectivity index is 1.71. The first-order chi connectivity index (χ1) is 15.8. The molecule has 3 N–H and O–H groups in total. The van der Waals surface area contributed by atoms with E-state index in [1.165, 1.54) is 24.5 Å². The Bertz CT molecular complexity index is 1330. The lowest BCUT2D eigenvalue weighted by Gasteiger charge is -2.35. The van der Waals surface area contributed by atoms with Crippen LogP contribution in [0, 0.1) is 5.92 Å². The summed E-state index contributed by atoms with van der Waals surface area (Å²) < 4.78 is 27.5. The highest BCUT2D eigenvalue weighted by atomic mass is 32.2. The van der Waals surface area contributed by atoms with Crippen molar-refractivity contribution in [3.05, 3.63) is 53.9 Å². The zero-order valence-electron chi connectivity index (χ0n) is 17.3. The molecular formula is C22H20N4O6S. The Labute approximate surface area is 188 Å². The molecular weight excluding hydrogens is 448 g/mol. The smallest absolute Gasteiger partial charge is 0.266 e. The first-order valence-electron chi connectivity index (χ1n) is 10.4. The molecule has 5 rings (SSSR count). The molecule has 2 atom stereocenters. The number of phenolic OH excluding ortho intramolecular Hbond substituents is 2. The third-order valence-electron chi connectivity index (χ3n) is 6.12. The van der Waals surface area contributed by atoms with Crippen molar-refractivity contribution in [1.29, 1.82) is 0 Å². The summed E-state index contributed by atoms with van der Waals surface area (Å²) in [6.07, 6.45) is 3.68. The third-order valence-corrected chi connectivity index (χ3v) is 8.28. The number of benzene rings is 2. The number of sulfone groups is 1. The van der Waals surface area contributed by atoms with Gasteiger partial charge in [0.05, 0.1) is 4.90 Å². The second-order valence-corrected chi connectivity index (χ2v) is 10.1. The summed E-state index contributed by atoms with van der Waals surface area (Å²) in [5.74, 6) is -3.81. The number of rotatable bonds is 4. The molecule has 1 saturated heterocycles. The van der Waals surface area contributed by atoms with Crippen molar-refractivity contribution in [3.8, 4) is 11.5 Å². The number of nitrogens with one attached hydrogen (secondary N) is 1. The Morgan fingerprint density at radius 1 is 0.970 bits per heavy atom. The van der Waals surface area contributed by atoms with Gasteiger partial charge in [-0.25, -0.2) is 18.4 Å². The number of imide groups is 1. The quantitative estimate of drug-likeness (QED) is 0.382. The molecule has 0 saturated carbocycles. The zero-order chi connectivity index (χ0) is 23.3. The van der Waals surface area contributed by atoms with Gasteiger partial charge in [0.1, 0.15) is 22.2 Å². The highest BCUT2D eigenvalue weighted by Gasteiger charge is 2.52. The fourth-order valence-electron chi connectivity index (χ4n) is 4.61. The predicted molar refractivity (Wildman–Crippen MR) is 116 cm³/mol. The van der Waals surface area contributed by atoms with E-state index >= 15 is 0 Å². The maximum Gasteiger partial charge on any atom is 0.266 e. The van der Waals surface area contributed by atoms with Crippen LogP contribution in [0.1, 0.15) is 33.6 Å². The van der Waals surface area contributed by atoms with Crippen molar-refractivity contribution in [1.82, 2.24) is 20.2 Å². The number of hydrogen-bond acceptors (Lipinski definition) is 9. The van der Waals surface area contributed by atoms with Crippen LogP contribution in [0.2, 0.25) is 0 Å². The van der Waals surface area contributed by atoms with Gasteiger partial charge in [0.15, 0.2) is 26.7 Å². The molecule has 0 aliphatic carbocycles. The monoisotopic (exact) mass is 468 g/mol. The molecule has 2 aliphatic heterocycles. The summed E-state index contributed by atoms with van der Waals surface area (Å²) in [7, 11) is -4.19. The summed E-state index contributed by atoms with van der Waals surface area (Å²) in [4.78, 5) is 35.5. The van der Waals surface area contributed by atoms with Crippen LogP contribution in [0.3, 0.4) is 0 Å². The van der Waals surface area contributed by atoms with E-state index in [1.54, 1.807) is 18.2 Å². The Morgan fingerprint density at radius 3 is 2.06 bits per heavy atom. The zero-order valence-corrected chi connectivity index (χ0v) is 18.1. The number of nitrogens with zero attached hydrogens (tertiary/aromatic N) is 3. The van der Waals surface area contributed by atoms with Crippen molar-refractivity contribution in [2.45, 2.75) is 23.1 Å². The molecule has 2 amide bonds. The summed E-state index contributed by atoms with van der Waals surface area (Å²) in [6, 6.07) is 7.61. The van der Waals surface area contributed by atoms with Crippen LogP contribution in [0.5, 0.6) is 11.5 Å². The number of hydrogen-bond donors (Lipinski definition) is 3. The molecule has 2 aliphatic rings. The van der Waals surface area contributed by atoms with E-state index in [2.05, 4.69) is 15.3 Å². The van der Waals surface area contributed by atoms with Gasteiger partial charge < -0.3 is 15.5 Å². The number of fused-ring (bicyclic) bond motifs is 2. The molecule has 0 bridgehead atoms. The van der Waals surface area contributed by atoms with Crippen LogP contribution in [-0.4, -0.2) is 63.8 Å². The van der Waals surface area contributed by atoms with Gasteiger partial charge in [-0.05, 0) is 31.5 Å². The molecule has 2 unspecified atom stereocenters. The van der Waals surface area contributed by atoms with Gasteiger partial charge in [-0.1, -0.05) is 18.2 Å². The lowest BCUT2D eigenvalue weighted by molar-refractivity contribution is 0.0583. The summed E-state index contributed by atoms with van der Waals surface area (Å²) in [5.41, 5.74) is -1.25. The first-order valence-corrected chi connectivity index (χ1v) is 11.9. The molecule has 11 heteroatoms. The van der Waals surface area contributed by atoms with Crippen LogP contribution < -0.4 is 5.32 Å². The third kappa shape index (κ3) is 3.15. The molecule has 1 fully saturated rings. The summed E-state index contributed by atoms with van der Waals surface area (Å²) >= 11 is 0. The molecule has 0 spiro atoms. The van der Waals surface area contributed by atoms with Crippen LogP contribution in [0.4, 0.5) is 0 Å². The van der Waals surface area contributed by atoms with Gasteiger partial charge in [-0.2, -0.15) is 0 Å². The molecule has 33 heavy (non-hydrogen) atoms. The Kier molecular flexibility index (Phi) is 5.02. The largest absolute Gasteiger partial charge is 0.505 e. The Hall–Kier alpha value is -3.57. The predicted octanol–water partition coefficient (Wildman–Crippen LogP) is 1.44. The standard InChI is InChI=1S/C22H20N4O6S/c27-18-14-15(19(28)17-16(18)24-9-10-25-17)21(30)26(20(14)29)22(12-5-4-8-23-11-12)33(31,32)13-6-2-1-3-7-13/h1-3,6-7,9-10,12,22-23,27-28H,4-5,8,11H2. The van der Waals surface area contributed by atoms with Crippen molar-refractivity contribution in [3.63, 3.8) is 0 Å². The minimum Gasteiger partial charge on any atom is -0.505 e. The fourth-order valence-corrected chi connectivity index (χ4v) is 6.64. The number of carbonyl (C=O) groups excluding carboxylic acids is 2. The molecule has 3 aromatic rings. The average molecular weight is 468 g/mol. The van der Waals surface area contributed by atoms with Gasteiger partial charge in [0, 0.05) is 24.9 Å².